The van der Waals surface area contributed by atoms with Crippen molar-refractivity contribution >= 4 is 18.0 Å². The summed E-state index contributed by atoms with van der Waals surface area (Å²) in [7, 11) is 1.27. The summed E-state index contributed by atoms with van der Waals surface area (Å²) >= 11 is 0. The molecule has 0 fully saturated rings. The highest BCUT2D eigenvalue weighted by Crippen LogP contribution is 2.36. The Balaban J connectivity index is 1.71. The van der Waals surface area contributed by atoms with Gasteiger partial charge in [0, 0.05) is 17.7 Å². The summed E-state index contributed by atoms with van der Waals surface area (Å²) in [5, 5.41) is 4.83. The van der Waals surface area contributed by atoms with E-state index in [0.29, 0.717) is 33.6 Å². The highest BCUT2D eigenvalue weighted by atomic mass is 19.4. The highest BCUT2D eigenvalue weighted by molar-refractivity contribution is 5.94. The zero-order valence-electron chi connectivity index (χ0n) is 27.0. The number of rotatable bonds is 11. The van der Waals surface area contributed by atoms with Gasteiger partial charge >= 0.3 is 18.2 Å². The zero-order valence-corrected chi connectivity index (χ0v) is 27.0. The summed E-state index contributed by atoms with van der Waals surface area (Å²) in [6.07, 6.45) is -5.50. The number of methoxy groups -OCH3 is 1. The summed E-state index contributed by atoms with van der Waals surface area (Å²) < 4.78 is 60.0. The Bertz CT molecular complexity index is 1740. The van der Waals surface area contributed by atoms with Gasteiger partial charge in [0.25, 0.3) is 5.91 Å². The fourth-order valence-corrected chi connectivity index (χ4v) is 4.82. The summed E-state index contributed by atoms with van der Waals surface area (Å²) in [5.41, 5.74) is 1.81. The third-order valence-corrected chi connectivity index (χ3v) is 7.01. The van der Waals surface area contributed by atoms with Crippen LogP contribution in [0.3, 0.4) is 0 Å². The molecule has 0 aromatic heterocycles. The van der Waals surface area contributed by atoms with E-state index in [1.807, 2.05) is 0 Å². The Morgan fingerprint density at radius 2 is 1.48 bits per heavy atom. The van der Waals surface area contributed by atoms with E-state index in [9.17, 15) is 27.6 Å². The molecule has 0 saturated heterocycles. The number of carbonyl (C=O) groups excluding carboxylic acids is 3. The largest absolute Gasteiger partial charge is 0.489 e. The van der Waals surface area contributed by atoms with Crippen LogP contribution in [0, 0.1) is 0 Å². The maximum absolute atomic E-state index is 14.6. The molecule has 1 atom stereocenters. The van der Waals surface area contributed by atoms with Gasteiger partial charge in [0.05, 0.1) is 13.5 Å². The van der Waals surface area contributed by atoms with Crippen LogP contribution >= 0.6 is 0 Å². The van der Waals surface area contributed by atoms with Gasteiger partial charge in [-0.05, 0) is 91.1 Å². The summed E-state index contributed by atoms with van der Waals surface area (Å²) in [4.78, 5) is 37.1. The van der Waals surface area contributed by atoms with Gasteiger partial charge in [0.2, 0.25) is 0 Å². The van der Waals surface area contributed by atoms with Crippen LogP contribution in [0.25, 0.3) is 11.1 Å². The third-order valence-electron chi connectivity index (χ3n) is 7.01. The van der Waals surface area contributed by atoms with Gasteiger partial charge in [0.1, 0.15) is 18.0 Å². The van der Waals surface area contributed by atoms with Gasteiger partial charge in [-0.2, -0.15) is 13.2 Å². The van der Waals surface area contributed by atoms with Gasteiger partial charge in [0.15, 0.2) is 6.04 Å². The summed E-state index contributed by atoms with van der Waals surface area (Å²) in [6.45, 7) is 5.21. The second kappa shape index (κ2) is 15.5. The van der Waals surface area contributed by atoms with Crippen molar-refractivity contribution in [3.63, 3.8) is 0 Å². The van der Waals surface area contributed by atoms with Crippen LogP contribution in [-0.2, 0) is 33.8 Å². The molecule has 252 valence electrons. The van der Waals surface area contributed by atoms with Crippen LogP contribution in [0.2, 0.25) is 0 Å². The van der Waals surface area contributed by atoms with Gasteiger partial charge in [-0.1, -0.05) is 54.6 Å². The smallest absolute Gasteiger partial charge is 0.412 e. The second-order valence-corrected chi connectivity index (χ2v) is 12.0. The first-order valence-corrected chi connectivity index (χ1v) is 15.1. The SMILES string of the molecule is COC(=O)Cc1ccccc1OCc1cc(-c2cccc(CNC(=O)OC(C)(C)C)c2)cc(C(NC(=O)c2ccccc2)C(F)(F)F)c1. The number of alkyl halides is 3. The lowest BCUT2D eigenvalue weighted by molar-refractivity contribution is -0.155. The predicted octanol–water partition coefficient (Wildman–Crippen LogP) is 7.71. The van der Waals surface area contributed by atoms with Crippen molar-refractivity contribution < 1.29 is 41.8 Å². The van der Waals surface area contributed by atoms with Crippen LogP contribution in [-0.4, -0.2) is 36.9 Å². The first-order valence-electron chi connectivity index (χ1n) is 15.1. The molecule has 4 rings (SSSR count). The average Bonchev–Trinajstić information content (AvgIpc) is 3.04. The molecule has 0 spiro atoms. The molecule has 0 saturated carbocycles. The maximum Gasteiger partial charge on any atom is 0.412 e. The number of hydrogen-bond acceptors (Lipinski definition) is 6. The number of alkyl carbamates (subject to hydrolysis) is 1. The Hall–Kier alpha value is -5.32. The molecule has 4 aromatic rings. The van der Waals surface area contributed by atoms with Gasteiger partial charge in [-0.3, -0.25) is 9.59 Å². The zero-order chi connectivity index (χ0) is 34.9. The minimum absolute atomic E-state index is 0.0518. The van der Waals surface area contributed by atoms with Gasteiger partial charge < -0.3 is 24.8 Å². The lowest BCUT2D eigenvalue weighted by Crippen LogP contribution is -2.38. The molecule has 2 amide bonds. The van der Waals surface area contributed by atoms with E-state index in [2.05, 4.69) is 10.6 Å². The molecular weight excluding hydrogens is 625 g/mol. The quantitative estimate of drug-likeness (QED) is 0.160. The number of benzene rings is 4. The van der Waals surface area contributed by atoms with E-state index in [1.54, 1.807) is 93.6 Å². The van der Waals surface area contributed by atoms with Gasteiger partial charge in [-0.25, -0.2) is 4.79 Å². The van der Waals surface area contributed by atoms with Crippen molar-refractivity contribution in [3.05, 3.63) is 125 Å². The van der Waals surface area contributed by atoms with Crippen molar-refractivity contribution in [2.75, 3.05) is 7.11 Å². The molecule has 2 N–H and O–H groups in total. The van der Waals surface area contributed by atoms with E-state index in [-0.39, 0.29) is 30.7 Å². The van der Waals surface area contributed by atoms with Crippen molar-refractivity contribution in [1.29, 1.82) is 0 Å². The molecule has 8 nitrogen and oxygen atoms in total. The van der Waals surface area contributed by atoms with Crippen LogP contribution in [0.5, 0.6) is 5.75 Å². The van der Waals surface area contributed by atoms with Crippen LogP contribution in [0.4, 0.5) is 18.0 Å². The molecule has 0 aliphatic heterocycles. The predicted molar refractivity (Wildman–Crippen MR) is 174 cm³/mol. The van der Waals surface area contributed by atoms with E-state index in [1.165, 1.54) is 31.4 Å². The van der Waals surface area contributed by atoms with E-state index in [0.717, 1.165) is 0 Å². The van der Waals surface area contributed by atoms with Crippen LogP contribution < -0.4 is 15.4 Å². The molecule has 0 radical (unpaired) electrons. The molecule has 1 unspecified atom stereocenters. The monoisotopic (exact) mass is 662 g/mol. The lowest BCUT2D eigenvalue weighted by Gasteiger charge is -2.24. The van der Waals surface area contributed by atoms with E-state index >= 15 is 0 Å². The molecule has 0 aliphatic rings. The van der Waals surface area contributed by atoms with Crippen molar-refractivity contribution in [2.24, 2.45) is 0 Å². The van der Waals surface area contributed by atoms with Crippen molar-refractivity contribution in [2.45, 2.75) is 58.2 Å². The van der Waals surface area contributed by atoms with Gasteiger partial charge in [-0.15, -0.1) is 0 Å². The molecular formula is C37H37F3N2O6. The second-order valence-electron chi connectivity index (χ2n) is 12.0. The summed E-state index contributed by atoms with van der Waals surface area (Å²) in [6, 6.07) is 23.5. The number of hydrogen-bond donors (Lipinski definition) is 2. The number of nitrogens with one attached hydrogen (secondary N) is 2. The maximum atomic E-state index is 14.6. The first-order chi connectivity index (χ1) is 22.7. The number of para-hydroxylation sites is 1. The van der Waals surface area contributed by atoms with Crippen LogP contribution in [0.15, 0.2) is 97.1 Å². The first kappa shape index (κ1) is 35.5. The molecule has 11 heteroatoms. The molecule has 0 heterocycles. The fourth-order valence-electron chi connectivity index (χ4n) is 4.82. The summed E-state index contributed by atoms with van der Waals surface area (Å²) in [5.74, 6) is -0.985. The minimum Gasteiger partial charge on any atom is -0.489 e. The van der Waals surface area contributed by atoms with Crippen molar-refractivity contribution in [3.8, 4) is 16.9 Å². The fraction of sp³-hybridized carbons (Fsp3) is 0.270. The normalized spacial score (nSPS) is 12.1. The highest BCUT2D eigenvalue weighted by Gasteiger charge is 2.42. The van der Waals surface area contributed by atoms with E-state index < -0.39 is 35.8 Å². The average molecular weight is 663 g/mol. The Morgan fingerprint density at radius 1 is 0.792 bits per heavy atom. The number of amides is 2. The number of carbonyl (C=O) groups is 3. The Labute approximate surface area is 277 Å². The van der Waals surface area contributed by atoms with Crippen molar-refractivity contribution in [1.82, 2.24) is 10.6 Å². The van der Waals surface area contributed by atoms with E-state index in [4.69, 9.17) is 14.2 Å². The molecule has 0 aliphatic carbocycles. The Kier molecular flexibility index (Phi) is 11.5. The number of esters is 1. The van der Waals surface area contributed by atoms with Crippen LogP contribution in [0.1, 0.15) is 59.4 Å². The molecule has 48 heavy (non-hydrogen) atoms. The topological polar surface area (TPSA) is 103 Å². The molecule has 4 aromatic carbocycles. The number of halogens is 3. The third kappa shape index (κ3) is 10.3. The lowest BCUT2D eigenvalue weighted by atomic mass is 9.95. The molecule has 0 bridgehead atoms. The Morgan fingerprint density at radius 3 is 2.17 bits per heavy atom. The number of ether oxygens (including phenoxy) is 3. The minimum atomic E-state index is -4.84. The standard InChI is InChI=1S/C37H37F3N2O6/c1-36(2,3)48-35(45)41-22-24-11-10-15-27(17-24)29-18-25(23-47-31-16-9-8-14-28(31)21-32(43)46-4)19-30(20-29)33(37(38,39)40)42-34(44)26-12-6-5-7-13-26/h5-20,33H,21-23H2,1-4H3,(H,41,45)(H,42,44).